The number of rotatable bonds is 6. The fraction of sp³-hybridized carbons (Fsp3) is 0.333. The van der Waals surface area contributed by atoms with Gasteiger partial charge in [0.05, 0.1) is 22.0 Å². The summed E-state index contributed by atoms with van der Waals surface area (Å²) in [6, 6.07) is 1.71. The normalized spacial score (nSPS) is 18.3. The third-order valence-electron chi connectivity index (χ3n) is 5.80. The summed E-state index contributed by atoms with van der Waals surface area (Å²) in [6.45, 7) is 3.37. The van der Waals surface area contributed by atoms with E-state index in [4.69, 9.17) is 21.9 Å². The fourth-order valence-corrected chi connectivity index (χ4v) is 4.24. The minimum absolute atomic E-state index is 0.00508. The molecule has 1 aromatic carbocycles. The van der Waals surface area contributed by atoms with E-state index in [1.807, 2.05) is 0 Å². The lowest BCUT2D eigenvalue weighted by Crippen LogP contribution is -2.29. The Kier molecular flexibility index (Phi) is 5.41. The minimum Gasteiger partial charge on any atom is -0.396 e. The van der Waals surface area contributed by atoms with Gasteiger partial charge in [-0.25, -0.2) is 19.3 Å². The molecule has 4 aromatic rings. The van der Waals surface area contributed by atoms with E-state index in [-0.39, 0.29) is 46.2 Å². The van der Waals surface area contributed by atoms with Crippen molar-refractivity contribution in [3.63, 3.8) is 0 Å². The van der Waals surface area contributed by atoms with Gasteiger partial charge in [0.15, 0.2) is 5.82 Å². The van der Waals surface area contributed by atoms with Crippen molar-refractivity contribution in [3.8, 4) is 11.5 Å². The second-order valence-corrected chi connectivity index (χ2v) is 8.52. The molecule has 3 aromatic heterocycles. The van der Waals surface area contributed by atoms with Gasteiger partial charge in [-0.05, 0) is 32.4 Å². The minimum atomic E-state index is -0.705. The van der Waals surface area contributed by atoms with Crippen LogP contribution in [-0.4, -0.2) is 41.4 Å². The Morgan fingerprint density at radius 1 is 1.38 bits per heavy atom. The van der Waals surface area contributed by atoms with Crippen molar-refractivity contribution < 1.29 is 14.0 Å². The molecular formula is C21H20ClFN8O3. The monoisotopic (exact) mass is 486 g/mol. The van der Waals surface area contributed by atoms with Crippen LogP contribution in [0.1, 0.15) is 37.1 Å². The van der Waals surface area contributed by atoms with E-state index in [2.05, 4.69) is 30.4 Å². The van der Waals surface area contributed by atoms with Crippen LogP contribution in [0.3, 0.4) is 0 Å². The summed E-state index contributed by atoms with van der Waals surface area (Å²) in [4.78, 5) is 30.6. The Balaban J connectivity index is 1.63. The highest BCUT2D eigenvalue weighted by Crippen LogP contribution is 2.44. The van der Waals surface area contributed by atoms with Gasteiger partial charge in [0, 0.05) is 18.6 Å². The van der Waals surface area contributed by atoms with E-state index >= 15 is 0 Å². The molecule has 5 rings (SSSR count). The van der Waals surface area contributed by atoms with Crippen molar-refractivity contribution in [1.82, 2.24) is 29.7 Å². The average Bonchev–Trinajstić information content (AvgIpc) is 3.46. The first-order valence-electron chi connectivity index (χ1n) is 10.5. The maximum Gasteiger partial charge on any atom is 0.265 e. The van der Waals surface area contributed by atoms with Crippen molar-refractivity contribution in [1.29, 1.82) is 0 Å². The highest BCUT2D eigenvalue weighted by molar-refractivity contribution is 6.35. The molecule has 11 nitrogen and oxygen atoms in total. The number of aliphatic hydroxyl groups is 1. The van der Waals surface area contributed by atoms with Crippen molar-refractivity contribution in [2.24, 2.45) is 5.92 Å². The van der Waals surface area contributed by atoms with Crippen molar-refractivity contribution in [2.75, 3.05) is 17.7 Å². The molecule has 3 atom stereocenters. The maximum atomic E-state index is 14.1. The second kappa shape index (κ2) is 8.29. The summed E-state index contributed by atoms with van der Waals surface area (Å²) in [5.41, 5.74) is 6.16. The molecule has 0 aliphatic heterocycles. The van der Waals surface area contributed by atoms with Crippen LogP contribution in [-0.2, 0) is 0 Å². The highest BCUT2D eigenvalue weighted by atomic mass is 35.5. The third kappa shape index (κ3) is 3.64. The van der Waals surface area contributed by atoms with Crippen LogP contribution in [0.4, 0.5) is 16.0 Å². The first kappa shape index (κ1) is 22.2. The molecule has 1 aliphatic rings. The Morgan fingerprint density at radius 3 is 2.85 bits per heavy atom. The predicted octanol–water partition coefficient (Wildman–Crippen LogP) is 2.65. The number of aliphatic hydroxyl groups excluding tert-OH is 1. The van der Waals surface area contributed by atoms with E-state index in [1.54, 1.807) is 13.8 Å². The quantitative estimate of drug-likeness (QED) is 0.370. The molecule has 176 valence electrons. The Labute approximate surface area is 196 Å². The zero-order valence-electron chi connectivity index (χ0n) is 18.2. The maximum absolute atomic E-state index is 14.1. The number of hydrogen-bond acceptors (Lipinski definition) is 10. The van der Waals surface area contributed by atoms with Crippen LogP contribution in [0.15, 0.2) is 27.8 Å². The molecule has 0 spiro atoms. The molecule has 0 amide bonds. The lowest BCUT2D eigenvalue weighted by molar-refractivity contribution is 0.267. The van der Waals surface area contributed by atoms with E-state index in [9.17, 15) is 14.3 Å². The van der Waals surface area contributed by atoms with Gasteiger partial charge in [0.1, 0.15) is 35.2 Å². The third-order valence-corrected chi connectivity index (χ3v) is 6.17. The summed E-state index contributed by atoms with van der Waals surface area (Å²) in [6.07, 6.45) is 1.87. The number of nitrogens with two attached hydrogens (primary N) is 1. The zero-order chi connectivity index (χ0) is 24.1. The number of fused-ring (bicyclic) bond motifs is 1. The first-order valence-corrected chi connectivity index (χ1v) is 10.9. The van der Waals surface area contributed by atoms with Gasteiger partial charge in [0.25, 0.3) is 11.4 Å². The largest absolute Gasteiger partial charge is 0.396 e. The van der Waals surface area contributed by atoms with Crippen molar-refractivity contribution in [3.05, 3.63) is 51.3 Å². The van der Waals surface area contributed by atoms with Gasteiger partial charge < -0.3 is 20.7 Å². The van der Waals surface area contributed by atoms with E-state index in [1.165, 1.54) is 17.0 Å². The molecule has 0 radical (unpaired) electrons. The van der Waals surface area contributed by atoms with Crippen LogP contribution in [0.5, 0.6) is 0 Å². The van der Waals surface area contributed by atoms with Gasteiger partial charge in [-0.2, -0.15) is 4.98 Å². The predicted molar refractivity (Wildman–Crippen MR) is 122 cm³/mol. The number of halogens is 2. The summed E-state index contributed by atoms with van der Waals surface area (Å²) in [5, 5.41) is 16.3. The highest BCUT2D eigenvalue weighted by Gasteiger charge is 2.41. The van der Waals surface area contributed by atoms with Gasteiger partial charge >= 0.3 is 0 Å². The number of hydrogen-bond donors (Lipinski definition) is 3. The summed E-state index contributed by atoms with van der Waals surface area (Å²) in [7, 11) is 0. The number of aryl methyl sites for hydroxylation is 1. The fourth-order valence-electron chi connectivity index (χ4n) is 4.00. The smallest absolute Gasteiger partial charge is 0.265 e. The van der Waals surface area contributed by atoms with Crippen LogP contribution < -0.4 is 16.6 Å². The molecule has 0 bridgehead atoms. The van der Waals surface area contributed by atoms with E-state index in [0.29, 0.717) is 29.5 Å². The summed E-state index contributed by atoms with van der Waals surface area (Å²) >= 11 is 6.12. The van der Waals surface area contributed by atoms with Gasteiger partial charge in [0.2, 0.25) is 0 Å². The van der Waals surface area contributed by atoms with Crippen LogP contribution in [0.2, 0.25) is 5.02 Å². The second-order valence-electron chi connectivity index (χ2n) is 8.14. The molecular weight excluding hydrogens is 467 g/mol. The number of anilines is 2. The van der Waals surface area contributed by atoms with Crippen molar-refractivity contribution >= 4 is 34.1 Å². The molecule has 1 saturated carbocycles. The number of aromatic nitrogens is 6. The summed E-state index contributed by atoms with van der Waals surface area (Å²) in [5.74, 6) is 0.532. The SMILES string of the molecule is Cc1noc(-c2c(N)ncnc2NC(C)c2nc3ccc(F)c(Cl)c3c(=O)n2C2CC2CO)n1. The standard InChI is InChI=1S/C21H20ClFN8O3/c1-8(27-18-15(17(24)25-7-26-18)20-28-9(2)30-34-20)19-29-12-4-3-11(23)16(22)14(12)21(33)31(19)13-5-10(13)6-32/h3-4,7-8,10,13,32H,5-6H2,1-2H3,(H3,24,25,26,27). The zero-order valence-corrected chi connectivity index (χ0v) is 18.9. The topological polar surface area (TPSA) is 158 Å². The number of nitrogens with zero attached hydrogens (tertiary/aromatic N) is 6. The van der Waals surface area contributed by atoms with E-state index in [0.717, 1.165) is 6.07 Å². The van der Waals surface area contributed by atoms with Gasteiger partial charge in [-0.3, -0.25) is 9.36 Å². The molecule has 3 unspecified atom stereocenters. The van der Waals surface area contributed by atoms with Gasteiger partial charge in [-0.15, -0.1) is 0 Å². The average molecular weight is 487 g/mol. The molecule has 1 fully saturated rings. The Hall–Kier alpha value is -3.64. The van der Waals surface area contributed by atoms with Gasteiger partial charge in [-0.1, -0.05) is 16.8 Å². The van der Waals surface area contributed by atoms with Crippen LogP contribution in [0, 0.1) is 18.7 Å². The molecule has 3 heterocycles. The Bertz CT molecular complexity index is 1470. The first-order chi connectivity index (χ1) is 16.3. The molecule has 34 heavy (non-hydrogen) atoms. The molecule has 4 N–H and O–H groups in total. The lowest BCUT2D eigenvalue weighted by atomic mass is 10.2. The molecule has 0 saturated heterocycles. The number of nitrogens with one attached hydrogen (secondary N) is 1. The number of benzene rings is 1. The molecule has 13 heteroatoms. The van der Waals surface area contributed by atoms with E-state index < -0.39 is 17.4 Å². The lowest BCUT2D eigenvalue weighted by Gasteiger charge is -2.21. The van der Waals surface area contributed by atoms with Crippen LogP contribution >= 0.6 is 11.6 Å². The number of nitrogen functional groups attached to an aromatic ring is 1. The van der Waals surface area contributed by atoms with Crippen LogP contribution in [0.25, 0.3) is 22.4 Å². The Morgan fingerprint density at radius 2 is 2.18 bits per heavy atom. The summed E-state index contributed by atoms with van der Waals surface area (Å²) < 4.78 is 20.8. The van der Waals surface area contributed by atoms with Crippen molar-refractivity contribution in [2.45, 2.75) is 32.4 Å². The molecule has 1 aliphatic carbocycles.